The molecule has 0 aliphatic carbocycles. The van der Waals surface area contributed by atoms with Crippen molar-refractivity contribution in [1.82, 2.24) is 14.6 Å². The third-order valence-corrected chi connectivity index (χ3v) is 4.87. The summed E-state index contributed by atoms with van der Waals surface area (Å²) in [6, 6.07) is 1.84. The molecule has 0 saturated carbocycles. The van der Waals surface area contributed by atoms with Gasteiger partial charge >= 0.3 is 0 Å². The first-order valence-corrected chi connectivity index (χ1v) is 7.36. The van der Waals surface area contributed by atoms with E-state index in [4.69, 9.17) is 23.2 Å². The van der Waals surface area contributed by atoms with Crippen molar-refractivity contribution < 1.29 is 0 Å². The van der Waals surface area contributed by atoms with E-state index in [-0.39, 0.29) is 0 Å². The zero-order chi connectivity index (χ0) is 12.0. The van der Waals surface area contributed by atoms with Crippen LogP contribution in [-0.2, 0) is 6.42 Å². The molecule has 0 fully saturated rings. The molecule has 0 atom stereocenters. The Labute approximate surface area is 116 Å². The van der Waals surface area contributed by atoms with Gasteiger partial charge in [0.05, 0.1) is 16.2 Å². The van der Waals surface area contributed by atoms with Gasteiger partial charge in [-0.3, -0.25) is 0 Å². The summed E-state index contributed by atoms with van der Waals surface area (Å²) in [5.41, 5.74) is 1.69. The van der Waals surface area contributed by atoms with Crippen molar-refractivity contribution in [3.05, 3.63) is 25.9 Å². The van der Waals surface area contributed by atoms with E-state index < -0.39 is 0 Å². The molecular formula is C10H7Cl2N3S2. The predicted molar refractivity (Wildman–Crippen MR) is 73.6 cm³/mol. The van der Waals surface area contributed by atoms with Gasteiger partial charge in [-0.25, -0.2) is 9.50 Å². The summed E-state index contributed by atoms with van der Waals surface area (Å²) < 4.78 is 3.13. The number of hydrogen-bond acceptors (Lipinski definition) is 4. The Morgan fingerprint density at radius 3 is 2.76 bits per heavy atom. The molecule has 3 rings (SSSR count). The van der Waals surface area contributed by atoms with Gasteiger partial charge in [0.25, 0.3) is 0 Å². The molecule has 0 N–H and O–H groups in total. The van der Waals surface area contributed by atoms with Gasteiger partial charge in [-0.2, -0.15) is 5.10 Å². The molecule has 0 aliphatic heterocycles. The maximum absolute atomic E-state index is 6.10. The molecule has 0 bridgehead atoms. The molecule has 17 heavy (non-hydrogen) atoms. The van der Waals surface area contributed by atoms with Gasteiger partial charge in [0, 0.05) is 5.56 Å². The van der Waals surface area contributed by atoms with Crippen molar-refractivity contribution in [2.75, 3.05) is 0 Å². The van der Waals surface area contributed by atoms with Crippen LogP contribution in [0.4, 0.5) is 0 Å². The summed E-state index contributed by atoms with van der Waals surface area (Å²) in [6.45, 7) is 2.08. The molecule has 3 nitrogen and oxygen atoms in total. The van der Waals surface area contributed by atoms with Gasteiger partial charge < -0.3 is 0 Å². The highest BCUT2D eigenvalue weighted by Gasteiger charge is 2.13. The van der Waals surface area contributed by atoms with E-state index in [2.05, 4.69) is 17.0 Å². The summed E-state index contributed by atoms with van der Waals surface area (Å²) in [5, 5.41) is 5.49. The van der Waals surface area contributed by atoms with Gasteiger partial charge in [-0.15, -0.1) is 11.3 Å². The van der Waals surface area contributed by atoms with Crippen LogP contribution in [0.2, 0.25) is 8.67 Å². The van der Waals surface area contributed by atoms with Crippen LogP contribution in [0.15, 0.2) is 12.3 Å². The van der Waals surface area contributed by atoms with E-state index >= 15 is 0 Å². The van der Waals surface area contributed by atoms with Crippen LogP contribution < -0.4 is 0 Å². The fraction of sp³-hybridized carbons (Fsp3) is 0.200. The normalized spacial score (nSPS) is 11.5. The lowest BCUT2D eigenvalue weighted by atomic mass is 10.3. The molecule has 0 spiro atoms. The highest BCUT2D eigenvalue weighted by molar-refractivity contribution is 7.20. The minimum Gasteiger partial charge on any atom is -0.217 e. The minimum atomic E-state index is 0.663. The Balaban J connectivity index is 2.12. The maximum Gasteiger partial charge on any atom is 0.212 e. The number of thiophene rings is 1. The fourth-order valence-corrected chi connectivity index (χ4v) is 3.83. The van der Waals surface area contributed by atoms with Crippen molar-refractivity contribution in [3.8, 4) is 11.3 Å². The number of nitrogens with zero attached hydrogens (tertiary/aromatic N) is 3. The second-order valence-electron chi connectivity index (χ2n) is 3.44. The van der Waals surface area contributed by atoms with Gasteiger partial charge in [-0.05, 0) is 12.5 Å². The molecule has 0 unspecified atom stereocenters. The van der Waals surface area contributed by atoms with E-state index in [0.717, 1.165) is 27.6 Å². The Morgan fingerprint density at radius 2 is 2.18 bits per heavy atom. The summed E-state index contributed by atoms with van der Waals surface area (Å²) >= 11 is 15.0. The van der Waals surface area contributed by atoms with Gasteiger partial charge in [-0.1, -0.05) is 41.5 Å². The Bertz CT molecular complexity index is 651. The zero-order valence-corrected chi connectivity index (χ0v) is 11.9. The van der Waals surface area contributed by atoms with Crippen LogP contribution in [0.3, 0.4) is 0 Å². The van der Waals surface area contributed by atoms with E-state index in [1.54, 1.807) is 15.9 Å². The van der Waals surface area contributed by atoms with Crippen molar-refractivity contribution in [3.63, 3.8) is 0 Å². The largest absolute Gasteiger partial charge is 0.217 e. The van der Waals surface area contributed by atoms with Crippen molar-refractivity contribution in [2.45, 2.75) is 13.3 Å². The van der Waals surface area contributed by atoms with Crippen LogP contribution in [0.5, 0.6) is 0 Å². The Hall–Kier alpha value is -0.620. The molecule has 0 radical (unpaired) electrons. The monoisotopic (exact) mass is 303 g/mol. The van der Waals surface area contributed by atoms with Gasteiger partial charge in [0.2, 0.25) is 4.96 Å². The molecule has 3 aromatic rings. The average molecular weight is 304 g/mol. The molecule has 0 saturated heterocycles. The number of hydrogen-bond donors (Lipinski definition) is 0. The first-order chi connectivity index (χ1) is 8.17. The highest BCUT2D eigenvalue weighted by Crippen LogP contribution is 2.37. The van der Waals surface area contributed by atoms with Crippen LogP contribution in [-0.4, -0.2) is 14.6 Å². The second kappa shape index (κ2) is 4.24. The van der Waals surface area contributed by atoms with E-state index in [1.165, 1.54) is 11.3 Å². The van der Waals surface area contributed by atoms with Crippen molar-refractivity contribution in [2.24, 2.45) is 0 Å². The lowest BCUT2D eigenvalue weighted by molar-refractivity contribution is 0.910. The molecule has 0 aliphatic rings. The number of fused-ring (bicyclic) bond motifs is 1. The maximum atomic E-state index is 6.10. The van der Waals surface area contributed by atoms with E-state index in [0.29, 0.717) is 8.67 Å². The van der Waals surface area contributed by atoms with Crippen LogP contribution in [0.25, 0.3) is 16.2 Å². The summed E-state index contributed by atoms with van der Waals surface area (Å²) in [6.07, 6.45) is 2.81. The predicted octanol–water partition coefficient (Wildman–Crippen LogP) is 4.39. The lowest BCUT2D eigenvalue weighted by Crippen LogP contribution is -1.83. The molecular weight excluding hydrogens is 297 g/mol. The lowest BCUT2D eigenvalue weighted by Gasteiger charge is -1.89. The van der Waals surface area contributed by atoms with Gasteiger partial charge in [0.15, 0.2) is 0 Å². The smallest absolute Gasteiger partial charge is 0.212 e. The SMILES string of the molecule is CCc1nn2cc(-c3cc(Cl)sc3Cl)nc2s1. The second-order valence-corrected chi connectivity index (χ2v) is 6.77. The highest BCUT2D eigenvalue weighted by atomic mass is 35.5. The molecule has 3 heterocycles. The number of rotatable bonds is 2. The topological polar surface area (TPSA) is 30.2 Å². The van der Waals surface area contributed by atoms with Gasteiger partial charge in [0.1, 0.15) is 9.34 Å². The van der Waals surface area contributed by atoms with E-state index in [1.807, 2.05) is 12.3 Å². The number of aromatic nitrogens is 3. The molecule has 7 heteroatoms. The number of imidazole rings is 1. The quantitative estimate of drug-likeness (QED) is 0.703. The first kappa shape index (κ1) is 11.5. The summed E-state index contributed by atoms with van der Waals surface area (Å²) in [4.78, 5) is 5.39. The summed E-state index contributed by atoms with van der Waals surface area (Å²) in [7, 11) is 0. The Kier molecular flexibility index (Phi) is 2.86. The average Bonchev–Trinajstić information content (AvgIpc) is 2.89. The number of aryl methyl sites for hydroxylation is 1. The minimum absolute atomic E-state index is 0.663. The fourth-order valence-electron chi connectivity index (χ4n) is 1.53. The van der Waals surface area contributed by atoms with Crippen molar-refractivity contribution in [1.29, 1.82) is 0 Å². The number of halogens is 2. The zero-order valence-electron chi connectivity index (χ0n) is 8.78. The van der Waals surface area contributed by atoms with E-state index in [9.17, 15) is 0 Å². The third kappa shape index (κ3) is 1.97. The molecule has 3 aromatic heterocycles. The van der Waals surface area contributed by atoms with Crippen LogP contribution in [0.1, 0.15) is 11.9 Å². The molecule has 88 valence electrons. The Morgan fingerprint density at radius 1 is 1.35 bits per heavy atom. The summed E-state index contributed by atoms with van der Waals surface area (Å²) in [5.74, 6) is 0. The first-order valence-electron chi connectivity index (χ1n) is 4.97. The van der Waals surface area contributed by atoms with Crippen LogP contribution in [0, 0.1) is 0 Å². The standard InChI is InChI=1S/C10H7Cl2N3S2/c1-2-8-14-15-4-6(13-10(15)17-8)5-3-7(11)16-9(5)12/h3-4H,2H2,1H3. The third-order valence-electron chi connectivity index (χ3n) is 2.32. The molecule has 0 amide bonds. The van der Waals surface area contributed by atoms with Crippen LogP contribution >= 0.6 is 45.9 Å². The molecule has 0 aromatic carbocycles. The van der Waals surface area contributed by atoms with Crippen molar-refractivity contribution >= 4 is 50.8 Å².